The van der Waals surface area contributed by atoms with Crippen LogP contribution in [0.3, 0.4) is 0 Å². The van der Waals surface area contributed by atoms with Gasteiger partial charge in [-0.05, 0) is 38.5 Å². The molecule has 2 atom stereocenters. The Kier molecular flexibility index (Phi) is 4.00. The van der Waals surface area contributed by atoms with Gasteiger partial charge in [0.2, 0.25) is 0 Å². The van der Waals surface area contributed by atoms with Crippen molar-refractivity contribution in [3.63, 3.8) is 0 Å². The summed E-state index contributed by atoms with van der Waals surface area (Å²) >= 11 is 0. The Labute approximate surface area is 92.1 Å². The Bertz CT molecular complexity index is 194. The van der Waals surface area contributed by atoms with Gasteiger partial charge in [-0.1, -0.05) is 6.42 Å². The molecule has 3 nitrogen and oxygen atoms in total. The number of hydrogen-bond acceptors (Lipinski definition) is 3. The zero-order valence-electron chi connectivity index (χ0n) is 9.44. The quantitative estimate of drug-likeness (QED) is 0.719. The van der Waals surface area contributed by atoms with Crippen molar-refractivity contribution < 1.29 is 10.2 Å². The van der Waals surface area contributed by atoms with Crippen LogP contribution < -0.4 is 0 Å². The van der Waals surface area contributed by atoms with E-state index < -0.39 is 0 Å². The van der Waals surface area contributed by atoms with Gasteiger partial charge in [0.25, 0.3) is 0 Å². The van der Waals surface area contributed by atoms with Gasteiger partial charge < -0.3 is 10.2 Å². The van der Waals surface area contributed by atoms with E-state index in [9.17, 15) is 5.11 Å². The van der Waals surface area contributed by atoms with Crippen LogP contribution in [0.15, 0.2) is 0 Å². The van der Waals surface area contributed by atoms with Gasteiger partial charge in [-0.2, -0.15) is 0 Å². The molecule has 0 amide bonds. The standard InChI is InChI=1S/C12H23NO2/c14-9-3-8-13(10-4-1-5-10)11-6-2-7-12(11)15/h10-12,14-15H,1-9H2/t11-,12-/m1/s1. The third-order valence-electron chi connectivity index (χ3n) is 3.99. The monoisotopic (exact) mass is 213 g/mol. The third kappa shape index (κ3) is 2.52. The van der Waals surface area contributed by atoms with Crippen LogP contribution in [0, 0.1) is 0 Å². The van der Waals surface area contributed by atoms with Gasteiger partial charge in [0.1, 0.15) is 0 Å². The molecule has 2 rings (SSSR count). The van der Waals surface area contributed by atoms with Crippen LogP contribution in [0.1, 0.15) is 44.9 Å². The van der Waals surface area contributed by atoms with E-state index in [4.69, 9.17) is 5.11 Å². The number of rotatable bonds is 5. The van der Waals surface area contributed by atoms with Crippen LogP contribution in [0.4, 0.5) is 0 Å². The molecule has 2 aliphatic carbocycles. The fourth-order valence-electron chi connectivity index (χ4n) is 2.90. The summed E-state index contributed by atoms with van der Waals surface area (Å²) in [4.78, 5) is 2.47. The highest BCUT2D eigenvalue weighted by Gasteiger charge is 2.36. The Morgan fingerprint density at radius 1 is 1.07 bits per heavy atom. The van der Waals surface area contributed by atoms with Crippen molar-refractivity contribution in [2.75, 3.05) is 13.2 Å². The molecule has 15 heavy (non-hydrogen) atoms. The highest BCUT2D eigenvalue weighted by Crippen LogP contribution is 2.32. The van der Waals surface area contributed by atoms with E-state index in [1.807, 2.05) is 0 Å². The minimum Gasteiger partial charge on any atom is -0.396 e. The van der Waals surface area contributed by atoms with Gasteiger partial charge in [0.15, 0.2) is 0 Å². The maximum atomic E-state index is 9.92. The Morgan fingerprint density at radius 2 is 1.80 bits per heavy atom. The molecule has 2 aliphatic rings. The molecule has 3 heteroatoms. The number of aliphatic hydroxyl groups is 2. The van der Waals surface area contributed by atoms with Crippen molar-refractivity contribution in [2.24, 2.45) is 0 Å². The largest absolute Gasteiger partial charge is 0.396 e. The molecule has 0 aromatic carbocycles. The first-order valence-electron chi connectivity index (χ1n) is 6.37. The molecule has 0 spiro atoms. The van der Waals surface area contributed by atoms with Gasteiger partial charge in [-0.25, -0.2) is 0 Å². The normalized spacial score (nSPS) is 32.2. The first-order chi connectivity index (χ1) is 7.33. The molecule has 0 heterocycles. The second-order valence-electron chi connectivity index (χ2n) is 4.97. The highest BCUT2D eigenvalue weighted by molar-refractivity contribution is 4.91. The molecule has 0 aromatic heterocycles. The molecule has 2 saturated carbocycles. The van der Waals surface area contributed by atoms with Crippen molar-refractivity contribution in [3.8, 4) is 0 Å². The van der Waals surface area contributed by atoms with Gasteiger partial charge in [0, 0.05) is 25.2 Å². The minimum atomic E-state index is -0.121. The molecule has 0 radical (unpaired) electrons. The predicted molar refractivity (Wildman–Crippen MR) is 59.7 cm³/mol. The molecular weight excluding hydrogens is 190 g/mol. The van der Waals surface area contributed by atoms with E-state index in [2.05, 4.69) is 4.90 Å². The van der Waals surface area contributed by atoms with Crippen molar-refractivity contribution in [3.05, 3.63) is 0 Å². The summed E-state index contributed by atoms with van der Waals surface area (Å²) in [6.07, 6.45) is 7.90. The summed E-state index contributed by atoms with van der Waals surface area (Å²) in [6.45, 7) is 1.23. The Hall–Kier alpha value is -0.120. The molecule has 0 aromatic rings. The van der Waals surface area contributed by atoms with Crippen molar-refractivity contribution in [2.45, 2.75) is 63.1 Å². The Balaban J connectivity index is 1.90. The van der Waals surface area contributed by atoms with Gasteiger partial charge >= 0.3 is 0 Å². The molecule has 0 saturated heterocycles. The second-order valence-corrected chi connectivity index (χ2v) is 4.97. The summed E-state index contributed by atoms with van der Waals surface area (Å²) in [7, 11) is 0. The van der Waals surface area contributed by atoms with E-state index >= 15 is 0 Å². The second kappa shape index (κ2) is 5.28. The predicted octanol–water partition coefficient (Wildman–Crippen LogP) is 1.14. The zero-order chi connectivity index (χ0) is 10.7. The fourth-order valence-corrected chi connectivity index (χ4v) is 2.90. The SMILES string of the molecule is OCCCN(C1CCC1)[C@@H]1CCC[C@H]1O. The first-order valence-corrected chi connectivity index (χ1v) is 6.37. The van der Waals surface area contributed by atoms with Crippen LogP contribution >= 0.6 is 0 Å². The van der Waals surface area contributed by atoms with E-state index in [-0.39, 0.29) is 12.7 Å². The first kappa shape index (κ1) is 11.4. The van der Waals surface area contributed by atoms with Gasteiger partial charge in [-0.3, -0.25) is 4.90 Å². The average molecular weight is 213 g/mol. The van der Waals surface area contributed by atoms with Crippen LogP contribution in [-0.4, -0.2) is 46.5 Å². The number of hydrogen-bond donors (Lipinski definition) is 2. The highest BCUT2D eigenvalue weighted by atomic mass is 16.3. The van der Waals surface area contributed by atoms with E-state index in [1.54, 1.807) is 0 Å². The lowest BCUT2D eigenvalue weighted by Crippen LogP contribution is -2.50. The molecule has 2 N–H and O–H groups in total. The lowest BCUT2D eigenvalue weighted by atomic mass is 9.89. The minimum absolute atomic E-state index is 0.121. The van der Waals surface area contributed by atoms with E-state index in [0.717, 1.165) is 32.2 Å². The maximum absolute atomic E-state index is 9.92. The van der Waals surface area contributed by atoms with Crippen LogP contribution in [0.5, 0.6) is 0 Å². The summed E-state index contributed by atoms with van der Waals surface area (Å²) in [5, 5.41) is 18.8. The van der Waals surface area contributed by atoms with Crippen LogP contribution in [0.2, 0.25) is 0 Å². The lowest BCUT2D eigenvalue weighted by Gasteiger charge is -2.42. The number of aliphatic hydroxyl groups excluding tert-OH is 2. The molecule has 0 unspecified atom stereocenters. The molecule has 88 valence electrons. The fraction of sp³-hybridized carbons (Fsp3) is 1.00. The lowest BCUT2D eigenvalue weighted by molar-refractivity contribution is 0.0139. The molecule has 2 fully saturated rings. The average Bonchev–Trinajstić information content (AvgIpc) is 2.55. The molecule has 0 aliphatic heterocycles. The van der Waals surface area contributed by atoms with Crippen molar-refractivity contribution >= 4 is 0 Å². The summed E-state index contributed by atoms with van der Waals surface area (Å²) < 4.78 is 0. The summed E-state index contributed by atoms with van der Waals surface area (Å²) in [5.41, 5.74) is 0. The summed E-state index contributed by atoms with van der Waals surface area (Å²) in [6, 6.07) is 1.07. The molecular formula is C12H23NO2. The molecule has 0 bridgehead atoms. The van der Waals surface area contributed by atoms with Gasteiger partial charge in [-0.15, -0.1) is 0 Å². The Morgan fingerprint density at radius 3 is 2.27 bits per heavy atom. The van der Waals surface area contributed by atoms with Crippen LogP contribution in [0.25, 0.3) is 0 Å². The van der Waals surface area contributed by atoms with E-state index in [1.165, 1.54) is 19.3 Å². The zero-order valence-corrected chi connectivity index (χ0v) is 9.44. The smallest absolute Gasteiger partial charge is 0.0695 e. The van der Waals surface area contributed by atoms with Gasteiger partial charge in [0.05, 0.1) is 6.10 Å². The number of nitrogens with zero attached hydrogens (tertiary/aromatic N) is 1. The van der Waals surface area contributed by atoms with Crippen molar-refractivity contribution in [1.29, 1.82) is 0 Å². The topological polar surface area (TPSA) is 43.7 Å². The summed E-state index contributed by atoms with van der Waals surface area (Å²) in [5.74, 6) is 0. The van der Waals surface area contributed by atoms with E-state index in [0.29, 0.717) is 12.1 Å². The van der Waals surface area contributed by atoms with Crippen molar-refractivity contribution in [1.82, 2.24) is 4.90 Å². The third-order valence-corrected chi connectivity index (χ3v) is 3.99. The van der Waals surface area contributed by atoms with Crippen LogP contribution in [-0.2, 0) is 0 Å². The maximum Gasteiger partial charge on any atom is 0.0695 e.